The summed E-state index contributed by atoms with van der Waals surface area (Å²) in [4.78, 5) is 13.4. The molecule has 0 aliphatic carbocycles. The molecule has 19 heavy (non-hydrogen) atoms. The van der Waals surface area contributed by atoms with Crippen molar-refractivity contribution in [1.82, 2.24) is 0 Å². The molecule has 0 saturated heterocycles. The summed E-state index contributed by atoms with van der Waals surface area (Å²) in [6, 6.07) is 10.6. The number of carbonyl (C=O) groups excluding carboxylic acids is 1. The fraction of sp³-hybridized carbons (Fsp3) is 0.0714. The summed E-state index contributed by atoms with van der Waals surface area (Å²) < 4.78 is 0. The minimum Gasteiger partial charge on any atom is -0.294 e. The van der Waals surface area contributed by atoms with Crippen molar-refractivity contribution in [3.8, 4) is 0 Å². The predicted molar refractivity (Wildman–Crippen MR) is 82.0 cm³/mol. The number of benzene rings is 2. The first-order valence-electron chi connectivity index (χ1n) is 5.41. The molecule has 0 saturated carbocycles. The molecule has 0 atom stereocenters. The highest BCUT2D eigenvalue weighted by atomic mass is 35.5. The van der Waals surface area contributed by atoms with Crippen molar-refractivity contribution in [1.29, 1.82) is 0 Å². The van der Waals surface area contributed by atoms with Crippen LogP contribution in [0, 0.1) is 0 Å². The number of carbonyl (C=O) groups is 1. The van der Waals surface area contributed by atoms with E-state index in [0.29, 0.717) is 20.6 Å². The van der Waals surface area contributed by atoms with E-state index < -0.39 is 0 Å². The van der Waals surface area contributed by atoms with Gasteiger partial charge in [-0.25, -0.2) is 0 Å². The van der Waals surface area contributed by atoms with Gasteiger partial charge in [0.15, 0.2) is 5.78 Å². The van der Waals surface area contributed by atoms with Crippen LogP contribution in [0.2, 0.25) is 15.1 Å². The van der Waals surface area contributed by atoms with E-state index in [0.717, 1.165) is 9.79 Å². The molecule has 0 fully saturated rings. The summed E-state index contributed by atoms with van der Waals surface area (Å²) in [7, 11) is 0. The molecule has 98 valence electrons. The van der Waals surface area contributed by atoms with Crippen molar-refractivity contribution in [2.75, 3.05) is 0 Å². The fourth-order valence-electron chi connectivity index (χ4n) is 1.53. The van der Waals surface area contributed by atoms with Gasteiger partial charge in [-0.15, -0.1) is 0 Å². The highest BCUT2D eigenvalue weighted by Crippen LogP contribution is 2.35. The van der Waals surface area contributed by atoms with E-state index in [1.54, 1.807) is 24.3 Å². The zero-order valence-corrected chi connectivity index (χ0v) is 13.0. The molecule has 5 heteroatoms. The highest BCUT2D eigenvalue weighted by Gasteiger charge is 2.10. The zero-order chi connectivity index (χ0) is 14.0. The third-order valence-electron chi connectivity index (χ3n) is 2.44. The van der Waals surface area contributed by atoms with E-state index in [2.05, 4.69) is 0 Å². The largest absolute Gasteiger partial charge is 0.294 e. The Balaban J connectivity index is 2.37. The van der Waals surface area contributed by atoms with Gasteiger partial charge in [-0.2, -0.15) is 0 Å². The first-order valence-corrected chi connectivity index (χ1v) is 7.36. The van der Waals surface area contributed by atoms with Gasteiger partial charge in [-0.1, -0.05) is 46.6 Å². The molecule has 0 radical (unpaired) electrons. The van der Waals surface area contributed by atoms with E-state index in [9.17, 15) is 4.79 Å². The first-order chi connectivity index (χ1) is 8.97. The quantitative estimate of drug-likeness (QED) is 0.641. The molecule has 2 aromatic carbocycles. The summed E-state index contributed by atoms with van der Waals surface area (Å²) in [5.41, 5.74) is 0.601. The van der Waals surface area contributed by atoms with Gasteiger partial charge in [0, 0.05) is 20.4 Å². The molecular formula is C14H9Cl3OS. The monoisotopic (exact) mass is 330 g/mol. The van der Waals surface area contributed by atoms with Gasteiger partial charge in [0.05, 0.1) is 10.0 Å². The van der Waals surface area contributed by atoms with Crippen molar-refractivity contribution in [3.63, 3.8) is 0 Å². The number of halogens is 3. The number of hydrogen-bond acceptors (Lipinski definition) is 2. The molecule has 0 amide bonds. The minimum absolute atomic E-state index is 0.0231. The highest BCUT2D eigenvalue weighted by molar-refractivity contribution is 7.99. The molecule has 2 rings (SSSR count). The molecule has 2 aromatic rings. The van der Waals surface area contributed by atoms with Crippen molar-refractivity contribution in [2.24, 2.45) is 0 Å². The first kappa shape index (κ1) is 14.7. The van der Waals surface area contributed by atoms with Gasteiger partial charge in [0.1, 0.15) is 0 Å². The van der Waals surface area contributed by atoms with Gasteiger partial charge in [0.25, 0.3) is 0 Å². The van der Waals surface area contributed by atoms with Crippen molar-refractivity contribution in [2.45, 2.75) is 16.7 Å². The van der Waals surface area contributed by atoms with Crippen LogP contribution in [-0.4, -0.2) is 5.78 Å². The maximum Gasteiger partial charge on any atom is 0.160 e. The van der Waals surface area contributed by atoms with Gasteiger partial charge in [0.2, 0.25) is 0 Å². The van der Waals surface area contributed by atoms with E-state index in [-0.39, 0.29) is 5.78 Å². The Morgan fingerprint density at radius 2 is 1.74 bits per heavy atom. The molecule has 1 nitrogen and oxygen atoms in total. The fourth-order valence-corrected chi connectivity index (χ4v) is 3.08. The smallest absolute Gasteiger partial charge is 0.160 e. The number of hydrogen-bond donors (Lipinski definition) is 0. The third kappa shape index (κ3) is 3.67. The van der Waals surface area contributed by atoms with Gasteiger partial charge < -0.3 is 0 Å². The van der Waals surface area contributed by atoms with Gasteiger partial charge in [-0.05, 0) is 43.3 Å². The second kappa shape index (κ2) is 6.19. The maximum atomic E-state index is 11.6. The lowest BCUT2D eigenvalue weighted by atomic mass is 10.1. The SMILES string of the molecule is CC(=O)c1cc(Cl)ccc1Sc1ccc(Cl)c(Cl)c1. The average molecular weight is 332 g/mol. The maximum absolute atomic E-state index is 11.6. The van der Waals surface area contributed by atoms with Crippen LogP contribution in [0.3, 0.4) is 0 Å². The van der Waals surface area contributed by atoms with Gasteiger partial charge >= 0.3 is 0 Å². The summed E-state index contributed by atoms with van der Waals surface area (Å²) >= 11 is 19.2. The zero-order valence-electron chi connectivity index (χ0n) is 9.91. The lowest BCUT2D eigenvalue weighted by Gasteiger charge is -2.08. The molecule has 0 aliphatic heterocycles. The summed E-state index contributed by atoms with van der Waals surface area (Å²) in [6.07, 6.45) is 0. The van der Waals surface area contributed by atoms with Crippen LogP contribution in [0.5, 0.6) is 0 Å². The predicted octanol–water partition coefficient (Wildman–Crippen LogP) is 6.00. The lowest BCUT2D eigenvalue weighted by molar-refractivity contribution is 0.101. The average Bonchev–Trinajstić information content (AvgIpc) is 2.36. The molecular weight excluding hydrogens is 323 g/mol. The van der Waals surface area contributed by atoms with Crippen LogP contribution in [0.1, 0.15) is 17.3 Å². The lowest BCUT2D eigenvalue weighted by Crippen LogP contribution is -1.94. The van der Waals surface area contributed by atoms with Crippen LogP contribution < -0.4 is 0 Å². The Kier molecular flexibility index (Phi) is 4.80. The second-order valence-corrected chi connectivity index (χ2v) is 6.24. The van der Waals surface area contributed by atoms with Gasteiger partial charge in [-0.3, -0.25) is 4.79 Å². The van der Waals surface area contributed by atoms with Crippen molar-refractivity contribution >= 4 is 52.3 Å². The van der Waals surface area contributed by atoms with Crippen LogP contribution >= 0.6 is 46.6 Å². The third-order valence-corrected chi connectivity index (χ3v) is 4.48. The summed E-state index contributed by atoms with van der Waals surface area (Å²) in [6.45, 7) is 1.52. The van der Waals surface area contributed by atoms with E-state index in [4.69, 9.17) is 34.8 Å². The Bertz CT molecular complexity index is 641. The Labute approximate surface area is 130 Å². The molecule has 0 N–H and O–H groups in total. The summed E-state index contributed by atoms with van der Waals surface area (Å²) in [5.74, 6) is -0.0231. The van der Waals surface area contributed by atoms with Crippen LogP contribution in [-0.2, 0) is 0 Å². The molecule has 0 aromatic heterocycles. The standard InChI is InChI=1S/C14H9Cl3OS/c1-8(18)11-6-9(15)2-5-14(11)19-10-3-4-12(16)13(17)7-10/h2-7H,1H3. The molecule has 0 aliphatic rings. The van der Waals surface area contributed by atoms with E-state index in [1.807, 2.05) is 12.1 Å². The Morgan fingerprint density at radius 3 is 2.37 bits per heavy atom. The topological polar surface area (TPSA) is 17.1 Å². The van der Waals surface area contributed by atoms with Crippen LogP contribution in [0.15, 0.2) is 46.2 Å². The number of rotatable bonds is 3. The van der Waals surface area contributed by atoms with E-state index in [1.165, 1.54) is 18.7 Å². The Hall–Kier alpha value is -0.670. The minimum atomic E-state index is -0.0231. The second-order valence-electron chi connectivity index (χ2n) is 3.87. The molecule has 0 heterocycles. The van der Waals surface area contributed by atoms with Crippen molar-refractivity contribution < 1.29 is 4.79 Å². The summed E-state index contributed by atoms with van der Waals surface area (Å²) in [5, 5.41) is 1.54. The number of ketones is 1. The molecule has 0 bridgehead atoms. The molecule has 0 unspecified atom stereocenters. The normalized spacial score (nSPS) is 10.5. The Morgan fingerprint density at radius 1 is 1.00 bits per heavy atom. The van der Waals surface area contributed by atoms with E-state index >= 15 is 0 Å². The number of Topliss-reactive ketones (excluding diaryl/α,β-unsaturated/α-hetero) is 1. The van der Waals surface area contributed by atoms with Crippen LogP contribution in [0.4, 0.5) is 0 Å². The molecule has 0 spiro atoms. The van der Waals surface area contributed by atoms with Crippen LogP contribution in [0.25, 0.3) is 0 Å². The van der Waals surface area contributed by atoms with Crippen molar-refractivity contribution in [3.05, 3.63) is 57.0 Å².